The van der Waals surface area contributed by atoms with E-state index in [1.807, 2.05) is 18.0 Å². The van der Waals surface area contributed by atoms with E-state index in [0.717, 1.165) is 17.7 Å². The van der Waals surface area contributed by atoms with Crippen molar-refractivity contribution in [1.29, 1.82) is 0 Å². The van der Waals surface area contributed by atoms with E-state index in [1.54, 1.807) is 17.5 Å². The Bertz CT molecular complexity index is 675. The zero-order valence-electron chi connectivity index (χ0n) is 10.3. The van der Waals surface area contributed by atoms with Crippen LogP contribution in [0.2, 0.25) is 0 Å². The van der Waals surface area contributed by atoms with Crippen LogP contribution < -0.4 is 16.2 Å². The maximum atomic E-state index is 5.39. The van der Waals surface area contributed by atoms with Gasteiger partial charge in [0.05, 0.1) is 18.1 Å². The molecule has 0 unspecified atom stereocenters. The molecule has 0 amide bonds. The Labute approximate surface area is 113 Å². The van der Waals surface area contributed by atoms with Gasteiger partial charge in [0.1, 0.15) is 5.82 Å². The molecule has 0 saturated carbocycles. The molecule has 7 nitrogen and oxygen atoms in total. The molecule has 19 heavy (non-hydrogen) atoms. The number of fused-ring (bicyclic) bond motifs is 1. The zero-order valence-corrected chi connectivity index (χ0v) is 11.1. The van der Waals surface area contributed by atoms with Gasteiger partial charge in [0, 0.05) is 11.9 Å². The Kier molecular flexibility index (Phi) is 3.02. The number of nitrogens with one attached hydrogen (secondary N) is 2. The minimum absolute atomic E-state index is 0.366. The maximum Gasteiger partial charge on any atom is 0.241 e. The summed E-state index contributed by atoms with van der Waals surface area (Å²) in [6.07, 6.45) is 1.72. The molecular weight excluding hydrogens is 262 g/mol. The molecule has 8 heteroatoms. The van der Waals surface area contributed by atoms with Crippen LogP contribution in [0.4, 0.5) is 11.8 Å². The molecule has 0 atom stereocenters. The van der Waals surface area contributed by atoms with Gasteiger partial charge in [0.15, 0.2) is 5.65 Å². The normalized spacial score (nSPS) is 10.8. The molecule has 0 spiro atoms. The first-order chi connectivity index (χ1) is 9.28. The number of rotatable bonds is 4. The lowest BCUT2D eigenvalue weighted by molar-refractivity contribution is 0.914. The first kappa shape index (κ1) is 11.9. The van der Waals surface area contributed by atoms with E-state index in [1.165, 1.54) is 4.88 Å². The number of nitrogen functional groups attached to an aromatic ring is 1. The monoisotopic (exact) mass is 275 g/mol. The number of thiophene rings is 1. The van der Waals surface area contributed by atoms with Crippen LogP contribution in [0.1, 0.15) is 4.88 Å². The number of nitrogens with zero attached hydrogens (tertiary/aromatic N) is 4. The summed E-state index contributed by atoms with van der Waals surface area (Å²) in [6, 6.07) is 4.13. The van der Waals surface area contributed by atoms with Crippen LogP contribution >= 0.6 is 11.3 Å². The Morgan fingerprint density at radius 3 is 3.11 bits per heavy atom. The van der Waals surface area contributed by atoms with Crippen LogP contribution in [0.25, 0.3) is 11.0 Å². The molecule has 3 aromatic heterocycles. The van der Waals surface area contributed by atoms with Gasteiger partial charge in [-0.25, -0.2) is 5.84 Å². The van der Waals surface area contributed by atoms with Crippen molar-refractivity contribution in [3.63, 3.8) is 0 Å². The standard InChI is InChI=1S/C11H13N7S/c1-18(6-7-3-2-4-19-7)10-8-5-13-17-9(8)14-11(15-10)16-12/h2-5H,6,12H2,1H3,(H2,13,14,15,16,17). The highest BCUT2D eigenvalue weighted by atomic mass is 32.1. The first-order valence-corrected chi connectivity index (χ1v) is 6.57. The highest BCUT2D eigenvalue weighted by molar-refractivity contribution is 7.09. The molecular formula is C11H13N7S. The molecule has 3 aromatic rings. The molecule has 98 valence electrons. The third kappa shape index (κ3) is 2.23. The molecule has 3 rings (SSSR count). The zero-order chi connectivity index (χ0) is 13.2. The van der Waals surface area contributed by atoms with Crippen molar-refractivity contribution in [2.75, 3.05) is 17.4 Å². The summed E-state index contributed by atoms with van der Waals surface area (Å²) in [5, 5.41) is 9.76. The second kappa shape index (κ2) is 4.82. The second-order valence-electron chi connectivity index (χ2n) is 4.08. The predicted octanol–water partition coefficient (Wildman–Crippen LogP) is 1.34. The third-order valence-electron chi connectivity index (χ3n) is 2.75. The summed E-state index contributed by atoms with van der Waals surface area (Å²) >= 11 is 1.71. The summed E-state index contributed by atoms with van der Waals surface area (Å²) < 4.78 is 0. The average Bonchev–Trinajstić information content (AvgIpc) is 3.07. The smallest absolute Gasteiger partial charge is 0.241 e. The topological polar surface area (TPSA) is 95.8 Å². The van der Waals surface area contributed by atoms with E-state index >= 15 is 0 Å². The van der Waals surface area contributed by atoms with Gasteiger partial charge in [-0.05, 0) is 11.4 Å². The summed E-state index contributed by atoms with van der Waals surface area (Å²) in [5.41, 5.74) is 3.13. The van der Waals surface area contributed by atoms with Crippen LogP contribution in [0.3, 0.4) is 0 Å². The minimum atomic E-state index is 0.366. The van der Waals surface area contributed by atoms with Crippen molar-refractivity contribution < 1.29 is 0 Å². The lowest BCUT2D eigenvalue weighted by Gasteiger charge is -2.18. The molecule has 0 saturated heterocycles. The highest BCUT2D eigenvalue weighted by Crippen LogP contribution is 2.24. The third-order valence-corrected chi connectivity index (χ3v) is 3.61. The number of hydrogen-bond acceptors (Lipinski definition) is 7. The molecule has 0 bridgehead atoms. The van der Waals surface area contributed by atoms with Gasteiger partial charge in [-0.15, -0.1) is 11.3 Å². The quantitative estimate of drug-likeness (QED) is 0.491. The van der Waals surface area contributed by atoms with E-state index < -0.39 is 0 Å². The number of nitrogens with two attached hydrogens (primary N) is 1. The van der Waals surface area contributed by atoms with Gasteiger partial charge < -0.3 is 4.90 Å². The predicted molar refractivity (Wildman–Crippen MR) is 75.9 cm³/mol. The maximum absolute atomic E-state index is 5.39. The second-order valence-corrected chi connectivity index (χ2v) is 5.12. The van der Waals surface area contributed by atoms with Gasteiger partial charge in [0.25, 0.3) is 0 Å². The fraction of sp³-hybridized carbons (Fsp3) is 0.182. The fourth-order valence-electron chi connectivity index (χ4n) is 1.89. The number of aromatic amines is 1. The SMILES string of the molecule is CN(Cc1cccs1)c1nc(NN)nc2[nH]ncc12. The number of anilines is 2. The Hall–Kier alpha value is -2.19. The summed E-state index contributed by atoms with van der Waals surface area (Å²) in [5.74, 6) is 6.55. The average molecular weight is 275 g/mol. The van der Waals surface area contributed by atoms with Gasteiger partial charge in [-0.1, -0.05) is 6.07 Å². The van der Waals surface area contributed by atoms with Crippen molar-refractivity contribution >= 4 is 34.1 Å². The molecule has 0 aromatic carbocycles. The summed E-state index contributed by atoms with van der Waals surface area (Å²) in [4.78, 5) is 11.9. The highest BCUT2D eigenvalue weighted by Gasteiger charge is 2.13. The fourth-order valence-corrected chi connectivity index (χ4v) is 2.64. The largest absolute Gasteiger partial charge is 0.354 e. The Morgan fingerprint density at radius 1 is 1.47 bits per heavy atom. The van der Waals surface area contributed by atoms with Crippen LogP contribution in [0.15, 0.2) is 23.7 Å². The molecule has 0 aliphatic carbocycles. The van der Waals surface area contributed by atoms with Gasteiger partial charge in [-0.3, -0.25) is 10.5 Å². The molecule has 0 aliphatic rings. The van der Waals surface area contributed by atoms with E-state index in [4.69, 9.17) is 5.84 Å². The van der Waals surface area contributed by atoms with Gasteiger partial charge in [-0.2, -0.15) is 15.1 Å². The molecule has 0 fully saturated rings. The van der Waals surface area contributed by atoms with Crippen molar-refractivity contribution in [2.24, 2.45) is 5.84 Å². The number of hydrogen-bond donors (Lipinski definition) is 3. The Morgan fingerprint density at radius 2 is 2.37 bits per heavy atom. The lowest BCUT2D eigenvalue weighted by atomic mass is 10.3. The summed E-state index contributed by atoms with van der Waals surface area (Å²) in [7, 11) is 1.98. The van der Waals surface area contributed by atoms with E-state index in [9.17, 15) is 0 Å². The number of hydrazine groups is 1. The number of H-pyrrole nitrogens is 1. The van der Waals surface area contributed by atoms with Crippen molar-refractivity contribution in [3.05, 3.63) is 28.6 Å². The Balaban J connectivity index is 2.00. The minimum Gasteiger partial charge on any atom is -0.354 e. The number of aromatic nitrogens is 4. The van der Waals surface area contributed by atoms with Gasteiger partial charge in [0.2, 0.25) is 5.95 Å². The van der Waals surface area contributed by atoms with Crippen molar-refractivity contribution in [3.8, 4) is 0 Å². The van der Waals surface area contributed by atoms with Crippen LogP contribution in [0, 0.1) is 0 Å². The van der Waals surface area contributed by atoms with Crippen LogP contribution in [-0.4, -0.2) is 27.2 Å². The molecule has 0 radical (unpaired) electrons. The van der Waals surface area contributed by atoms with Crippen molar-refractivity contribution in [1.82, 2.24) is 20.2 Å². The molecule has 0 aliphatic heterocycles. The summed E-state index contributed by atoms with van der Waals surface area (Å²) in [6.45, 7) is 0.777. The van der Waals surface area contributed by atoms with E-state index in [-0.39, 0.29) is 0 Å². The lowest BCUT2D eigenvalue weighted by Crippen LogP contribution is -2.19. The van der Waals surface area contributed by atoms with Gasteiger partial charge >= 0.3 is 0 Å². The molecule has 3 heterocycles. The van der Waals surface area contributed by atoms with E-state index in [0.29, 0.717) is 11.6 Å². The van der Waals surface area contributed by atoms with E-state index in [2.05, 4.69) is 37.0 Å². The molecule has 4 N–H and O–H groups in total. The first-order valence-electron chi connectivity index (χ1n) is 5.69. The van der Waals surface area contributed by atoms with Crippen LogP contribution in [0.5, 0.6) is 0 Å². The van der Waals surface area contributed by atoms with Crippen molar-refractivity contribution in [2.45, 2.75) is 6.54 Å². The van der Waals surface area contributed by atoms with Crippen LogP contribution in [-0.2, 0) is 6.54 Å².